The number of cyclic esters (lactones) is 1. The lowest BCUT2D eigenvalue weighted by molar-refractivity contribution is -0.118. The summed E-state index contributed by atoms with van der Waals surface area (Å²) >= 11 is 5.26. The number of ether oxygens (including phenoxy) is 1. The van der Waals surface area contributed by atoms with Gasteiger partial charge in [-0.05, 0) is 24.3 Å². The molecule has 2 aliphatic rings. The van der Waals surface area contributed by atoms with E-state index in [0.717, 1.165) is 49.0 Å². The molecule has 2 heterocycles. The Hall–Kier alpha value is -2.35. The van der Waals surface area contributed by atoms with Crippen LogP contribution in [0.1, 0.15) is 13.8 Å². The zero-order valence-electron chi connectivity index (χ0n) is 15.8. The highest BCUT2D eigenvalue weighted by Gasteiger charge is 2.32. The molecule has 1 aromatic rings. The molecule has 2 amide bonds. The second-order valence-corrected chi connectivity index (χ2v) is 7.60. The Labute approximate surface area is 165 Å². The van der Waals surface area contributed by atoms with E-state index in [2.05, 4.69) is 10.2 Å². The first-order valence-corrected chi connectivity index (χ1v) is 9.69. The van der Waals surface area contributed by atoms with E-state index in [1.807, 2.05) is 38.1 Å². The average molecular weight is 391 g/mol. The second kappa shape index (κ2) is 8.56. The number of hydrogen-bond acceptors (Lipinski definition) is 5. The largest absolute Gasteiger partial charge is 0.442 e. The van der Waals surface area contributed by atoms with Crippen LogP contribution >= 0.6 is 12.2 Å². The smallest absolute Gasteiger partial charge is 0.414 e. The molecule has 1 aromatic carbocycles. The Morgan fingerprint density at radius 1 is 1.22 bits per heavy atom. The number of benzene rings is 1. The highest BCUT2D eigenvalue weighted by Crippen LogP contribution is 2.25. The Kier molecular flexibility index (Phi) is 6.15. The van der Waals surface area contributed by atoms with Crippen molar-refractivity contribution in [2.24, 2.45) is 5.92 Å². The standard InChI is InChI=1S/C19H26N4O3S/c1-14(2)18(27)20-11-17-12-23(19(25)26-17)16-5-3-15(4-6-16)22-9-7-21(13-24)8-10-22/h3-6,13-14,17H,7-12H2,1-2H3,(H,20,27)/t17-/m0/s1. The van der Waals surface area contributed by atoms with Crippen molar-refractivity contribution in [3.63, 3.8) is 0 Å². The molecule has 146 valence electrons. The van der Waals surface area contributed by atoms with E-state index in [1.165, 1.54) is 0 Å². The lowest BCUT2D eigenvalue weighted by Crippen LogP contribution is -2.45. The highest BCUT2D eigenvalue weighted by atomic mass is 32.1. The van der Waals surface area contributed by atoms with Crippen LogP contribution in [0.4, 0.5) is 16.2 Å². The van der Waals surface area contributed by atoms with Crippen LogP contribution in [0, 0.1) is 5.92 Å². The van der Waals surface area contributed by atoms with Crippen molar-refractivity contribution in [2.75, 3.05) is 49.1 Å². The van der Waals surface area contributed by atoms with Crippen molar-refractivity contribution >= 4 is 41.1 Å². The summed E-state index contributed by atoms with van der Waals surface area (Å²) in [5, 5.41) is 3.17. The normalized spacial score (nSPS) is 20.0. The fourth-order valence-corrected chi connectivity index (χ4v) is 3.27. The predicted octanol–water partition coefficient (Wildman–Crippen LogP) is 1.86. The van der Waals surface area contributed by atoms with Gasteiger partial charge in [0.15, 0.2) is 0 Å². The maximum Gasteiger partial charge on any atom is 0.414 e. The minimum atomic E-state index is -0.329. The van der Waals surface area contributed by atoms with E-state index >= 15 is 0 Å². The van der Waals surface area contributed by atoms with Gasteiger partial charge < -0.3 is 19.9 Å². The van der Waals surface area contributed by atoms with E-state index in [9.17, 15) is 9.59 Å². The Morgan fingerprint density at radius 3 is 2.44 bits per heavy atom. The number of amides is 2. The molecule has 2 aliphatic heterocycles. The zero-order valence-corrected chi connectivity index (χ0v) is 16.6. The van der Waals surface area contributed by atoms with Crippen LogP contribution in [-0.2, 0) is 9.53 Å². The molecule has 7 nitrogen and oxygen atoms in total. The van der Waals surface area contributed by atoms with Crippen LogP contribution in [-0.4, -0.2) is 67.8 Å². The predicted molar refractivity (Wildman–Crippen MR) is 109 cm³/mol. The number of thiocarbonyl (C=S) groups is 1. The molecule has 0 aliphatic carbocycles. The molecule has 0 radical (unpaired) electrons. The summed E-state index contributed by atoms with van der Waals surface area (Å²) in [5.41, 5.74) is 1.92. The molecule has 0 aromatic heterocycles. The molecule has 1 N–H and O–H groups in total. The van der Waals surface area contributed by atoms with Crippen molar-refractivity contribution in [1.82, 2.24) is 10.2 Å². The Morgan fingerprint density at radius 2 is 1.85 bits per heavy atom. The molecule has 0 unspecified atom stereocenters. The van der Waals surface area contributed by atoms with Crippen molar-refractivity contribution in [2.45, 2.75) is 20.0 Å². The van der Waals surface area contributed by atoms with Crippen molar-refractivity contribution in [1.29, 1.82) is 0 Å². The van der Waals surface area contributed by atoms with Gasteiger partial charge in [0.2, 0.25) is 6.41 Å². The second-order valence-electron chi connectivity index (χ2n) is 7.16. The third-order valence-electron chi connectivity index (χ3n) is 4.89. The summed E-state index contributed by atoms with van der Waals surface area (Å²) in [6.45, 7) is 8.18. The minimum absolute atomic E-state index is 0.217. The number of nitrogens with one attached hydrogen (secondary N) is 1. The van der Waals surface area contributed by atoms with Crippen LogP contribution in [0.25, 0.3) is 0 Å². The van der Waals surface area contributed by atoms with Gasteiger partial charge in [0, 0.05) is 43.5 Å². The van der Waals surface area contributed by atoms with Crippen LogP contribution in [0.5, 0.6) is 0 Å². The van der Waals surface area contributed by atoms with E-state index in [4.69, 9.17) is 17.0 Å². The Bertz CT molecular complexity index is 687. The average Bonchev–Trinajstić information content (AvgIpc) is 3.06. The summed E-state index contributed by atoms with van der Waals surface area (Å²) in [6.07, 6.45) is 0.355. The third-order valence-corrected chi connectivity index (χ3v) is 5.51. The van der Waals surface area contributed by atoms with Gasteiger partial charge in [-0.3, -0.25) is 9.69 Å². The molecule has 3 rings (SSSR count). The molecule has 2 fully saturated rings. The highest BCUT2D eigenvalue weighted by molar-refractivity contribution is 7.80. The summed E-state index contributed by atoms with van der Waals surface area (Å²) in [5.74, 6) is 0.272. The number of anilines is 2. The Balaban J connectivity index is 1.56. The summed E-state index contributed by atoms with van der Waals surface area (Å²) in [6, 6.07) is 7.91. The lowest BCUT2D eigenvalue weighted by atomic mass is 10.2. The van der Waals surface area contributed by atoms with Gasteiger partial charge in [-0.15, -0.1) is 0 Å². The number of piperazine rings is 1. The number of rotatable bonds is 6. The lowest BCUT2D eigenvalue weighted by Gasteiger charge is -2.34. The number of carbonyl (C=O) groups excluding carboxylic acids is 2. The van der Waals surface area contributed by atoms with E-state index in [-0.39, 0.29) is 18.1 Å². The molecular weight excluding hydrogens is 364 g/mol. The number of hydrogen-bond donors (Lipinski definition) is 1. The molecular formula is C19H26N4O3S. The summed E-state index contributed by atoms with van der Waals surface area (Å²) in [7, 11) is 0. The van der Waals surface area contributed by atoms with E-state index < -0.39 is 0 Å². The van der Waals surface area contributed by atoms with Crippen LogP contribution < -0.4 is 15.1 Å². The van der Waals surface area contributed by atoms with Crippen LogP contribution in [0.2, 0.25) is 0 Å². The van der Waals surface area contributed by atoms with Gasteiger partial charge >= 0.3 is 6.09 Å². The number of nitrogens with zero attached hydrogens (tertiary/aromatic N) is 3. The molecule has 27 heavy (non-hydrogen) atoms. The van der Waals surface area contributed by atoms with Gasteiger partial charge in [0.05, 0.1) is 18.1 Å². The summed E-state index contributed by atoms with van der Waals surface area (Å²) in [4.78, 5) is 29.5. The van der Waals surface area contributed by atoms with Gasteiger partial charge in [-0.1, -0.05) is 26.1 Å². The SMILES string of the molecule is CC(C)C(=S)NC[C@H]1CN(c2ccc(N3CCN(C=O)CC3)cc2)C(=O)O1. The van der Waals surface area contributed by atoms with E-state index in [0.29, 0.717) is 13.1 Å². The molecule has 8 heteroatoms. The van der Waals surface area contributed by atoms with Crippen molar-refractivity contribution in [3.05, 3.63) is 24.3 Å². The van der Waals surface area contributed by atoms with E-state index in [1.54, 1.807) is 9.80 Å². The van der Waals surface area contributed by atoms with Crippen LogP contribution in [0.3, 0.4) is 0 Å². The van der Waals surface area contributed by atoms with Gasteiger partial charge in [0.1, 0.15) is 6.10 Å². The molecule has 0 saturated carbocycles. The first kappa shape index (κ1) is 19.4. The number of carbonyl (C=O) groups is 2. The topological polar surface area (TPSA) is 65.1 Å². The fraction of sp³-hybridized carbons (Fsp3) is 0.526. The summed E-state index contributed by atoms with van der Waals surface area (Å²) < 4.78 is 5.45. The first-order valence-electron chi connectivity index (χ1n) is 9.28. The minimum Gasteiger partial charge on any atom is -0.442 e. The first-order chi connectivity index (χ1) is 13.0. The van der Waals surface area contributed by atoms with Crippen LogP contribution in [0.15, 0.2) is 24.3 Å². The maximum atomic E-state index is 12.2. The maximum absolute atomic E-state index is 12.2. The van der Waals surface area contributed by atoms with Gasteiger partial charge in [-0.25, -0.2) is 4.79 Å². The quantitative estimate of drug-likeness (QED) is 0.591. The van der Waals surface area contributed by atoms with Gasteiger partial charge in [-0.2, -0.15) is 0 Å². The van der Waals surface area contributed by atoms with Crippen molar-refractivity contribution in [3.8, 4) is 0 Å². The zero-order chi connectivity index (χ0) is 19.4. The monoisotopic (exact) mass is 390 g/mol. The van der Waals surface area contributed by atoms with Crippen molar-refractivity contribution < 1.29 is 14.3 Å². The van der Waals surface area contributed by atoms with Gasteiger partial charge in [0.25, 0.3) is 0 Å². The molecule has 1 atom stereocenters. The fourth-order valence-electron chi connectivity index (χ4n) is 3.19. The molecule has 0 bridgehead atoms. The third kappa shape index (κ3) is 4.68. The molecule has 2 saturated heterocycles. The molecule has 0 spiro atoms.